The van der Waals surface area contributed by atoms with Crippen LogP contribution in [0.5, 0.6) is 0 Å². The molecule has 0 amide bonds. The number of ketones is 1. The van der Waals surface area contributed by atoms with Crippen LogP contribution in [-0.2, 0) is 4.79 Å². The maximum Gasteiger partial charge on any atom is 0.129 e. The fourth-order valence-electron chi connectivity index (χ4n) is 0.352. The van der Waals surface area contributed by atoms with Gasteiger partial charge in [0.15, 0.2) is 0 Å². The molecule has 0 heterocycles. The Labute approximate surface area is 53.1 Å². The number of hydrogen-bond donors (Lipinski definition) is 0. The number of carbonyl (C=O) groups excluding carboxylic acids is 1. The van der Waals surface area contributed by atoms with E-state index in [1.807, 2.05) is 6.92 Å². The Morgan fingerprint density at radius 2 is 1.75 bits per heavy atom. The molecule has 0 atom stereocenters. The van der Waals surface area contributed by atoms with Crippen molar-refractivity contribution in [2.24, 2.45) is 0 Å². The van der Waals surface area contributed by atoms with Gasteiger partial charge in [0.1, 0.15) is 5.78 Å². The molecule has 8 heavy (non-hydrogen) atoms. The minimum absolute atomic E-state index is 0. The van der Waals surface area contributed by atoms with Crippen molar-refractivity contribution in [1.82, 2.24) is 0 Å². The van der Waals surface area contributed by atoms with E-state index in [9.17, 15) is 4.79 Å². The molecule has 0 aliphatic rings. The summed E-state index contributed by atoms with van der Waals surface area (Å²) in [6.45, 7) is 3.62. The molecule has 1 nitrogen and oxygen atoms in total. The van der Waals surface area contributed by atoms with Crippen molar-refractivity contribution >= 4 is 5.78 Å². The summed E-state index contributed by atoms with van der Waals surface area (Å²) < 4.78 is 0. The first-order valence-electron chi connectivity index (χ1n) is 2.26. The van der Waals surface area contributed by atoms with E-state index in [4.69, 9.17) is 0 Å². The van der Waals surface area contributed by atoms with Gasteiger partial charge >= 0.3 is 0 Å². The summed E-state index contributed by atoms with van der Waals surface area (Å²) in [4.78, 5) is 10.0. The Kier molecular flexibility index (Phi) is 19.2. The second-order valence-corrected chi connectivity index (χ2v) is 1.45. The molecule has 0 fully saturated rings. The van der Waals surface area contributed by atoms with E-state index in [1.165, 1.54) is 0 Å². The topological polar surface area (TPSA) is 17.1 Å². The molecule has 52 valence electrons. The zero-order valence-corrected chi connectivity index (χ0v) is 4.32. The van der Waals surface area contributed by atoms with Crippen LogP contribution in [0.15, 0.2) is 0 Å². The second-order valence-electron chi connectivity index (χ2n) is 1.45. The molecule has 0 aliphatic carbocycles. The Morgan fingerprint density at radius 3 is 1.75 bits per heavy atom. The normalized spacial score (nSPS) is 6.25. The monoisotopic (exact) mass is 118 g/mol. The molecule has 0 saturated heterocycles. The summed E-state index contributed by atoms with van der Waals surface area (Å²) in [5.74, 6) is 0.289. The maximum absolute atomic E-state index is 10.0. The van der Waals surface area contributed by atoms with Crippen molar-refractivity contribution in [2.75, 3.05) is 0 Å². The predicted octanol–water partition coefficient (Wildman–Crippen LogP) is 2.65. The largest absolute Gasteiger partial charge is 0.300 e. The van der Waals surface area contributed by atoms with Crippen LogP contribution in [0, 0.1) is 0 Å². The van der Waals surface area contributed by atoms with Gasteiger partial charge in [-0.3, -0.25) is 0 Å². The van der Waals surface area contributed by atoms with E-state index in [0.29, 0.717) is 0 Å². The van der Waals surface area contributed by atoms with Crippen molar-refractivity contribution < 1.29 is 4.79 Å². The highest BCUT2D eigenvalue weighted by atomic mass is 16.1. The maximum atomic E-state index is 10.0. The van der Waals surface area contributed by atoms with Crippen LogP contribution in [0.1, 0.15) is 41.5 Å². The fraction of sp³-hybridized carbons (Fsp3) is 0.857. The van der Waals surface area contributed by atoms with Crippen molar-refractivity contribution in [3.8, 4) is 0 Å². The molecule has 0 rings (SSSR count). The van der Waals surface area contributed by atoms with Crippen LogP contribution < -0.4 is 0 Å². The lowest BCUT2D eigenvalue weighted by Crippen LogP contribution is -1.84. The lowest BCUT2D eigenvalue weighted by atomic mass is 10.3. The predicted molar refractivity (Wildman–Crippen MR) is 39.1 cm³/mol. The molecule has 0 N–H and O–H groups in total. The minimum atomic E-state index is 0. The molecule has 0 saturated carbocycles. The minimum Gasteiger partial charge on any atom is -0.300 e. The van der Waals surface area contributed by atoms with Gasteiger partial charge in [0, 0.05) is 6.42 Å². The van der Waals surface area contributed by atoms with Gasteiger partial charge in [-0.05, 0) is 13.3 Å². The molecule has 0 radical (unpaired) electrons. The highest BCUT2D eigenvalue weighted by molar-refractivity contribution is 5.75. The van der Waals surface area contributed by atoms with Crippen LogP contribution in [0.3, 0.4) is 0 Å². The van der Waals surface area contributed by atoms with Gasteiger partial charge in [-0.25, -0.2) is 0 Å². The standard InChI is InChI=1S/C5H10O.2CH4/c1-3-4-5(2)6;;/h3-4H2,1-2H3;2*1H4. The molecule has 0 bridgehead atoms. The second kappa shape index (κ2) is 9.83. The molecule has 0 spiro atoms. The SMILES string of the molecule is C.C.CCCC(C)=O. The first kappa shape index (κ1) is 15.6. The average molecular weight is 118 g/mol. The van der Waals surface area contributed by atoms with E-state index in [0.717, 1.165) is 12.8 Å². The number of Topliss-reactive ketones (excluding diaryl/α,β-unsaturated/α-hetero) is 1. The molecule has 0 aromatic rings. The van der Waals surface area contributed by atoms with Crippen molar-refractivity contribution in [2.45, 2.75) is 41.5 Å². The molecule has 0 aliphatic heterocycles. The molecule has 0 aromatic heterocycles. The number of hydrogen-bond acceptors (Lipinski definition) is 1. The van der Waals surface area contributed by atoms with Crippen molar-refractivity contribution in [3.05, 3.63) is 0 Å². The first-order chi connectivity index (χ1) is 2.77. The third-order valence-corrected chi connectivity index (χ3v) is 0.602. The Bertz CT molecular complexity index is 48.3. The fourth-order valence-corrected chi connectivity index (χ4v) is 0.352. The number of carbonyl (C=O) groups is 1. The van der Waals surface area contributed by atoms with Crippen LogP contribution in [0.4, 0.5) is 0 Å². The lowest BCUT2D eigenvalue weighted by Gasteiger charge is -1.80. The highest BCUT2D eigenvalue weighted by Gasteiger charge is 1.83. The summed E-state index contributed by atoms with van der Waals surface area (Å²) in [5.41, 5.74) is 0. The van der Waals surface area contributed by atoms with Crippen LogP contribution >= 0.6 is 0 Å². The summed E-state index contributed by atoms with van der Waals surface area (Å²) in [7, 11) is 0. The van der Waals surface area contributed by atoms with Gasteiger partial charge < -0.3 is 4.79 Å². The van der Waals surface area contributed by atoms with Gasteiger partial charge in [0.2, 0.25) is 0 Å². The molecule has 0 aromatic carbocycles. The zero-order chi connectivity index (χ0) is 4.99. The van der Waals surface area contributed by atoms with E-state index in [2.05, 4.69) is 0 Å². The van der Waals surface area contributed by atoms with Crippen LogP contribution in [0.25, 0.3) is 0 Å². The van der Waals surface area contributed by atoms with Crippen molar-refractivity contribution in [3.63, 3.8) is 0 Å². The molecular formula is C7H18O. The Hall–Kier alpha value is -0.330. The highest BCUT2D eigenvalue weighted by Crippen LogP contribution is 1.84. The molecule has 0 unspecified atom stereocenters. The van der Waals surface area contributed by atoms with Crippen LogP contribution in [0.2, 0.25) is 0 Å². The summed E-state index contributed by atoms with van der Waals surface area (Å²) in [6.07, 6.45) is 1.72. The smallest absolute Gasteiger partial charge is 0.129 e. The third kappa shape index (κ3) is 17.3. The van der Waals surface area contributed by atoms with Crippen LogP contribution in [-0.4, -0.2) is 5.78 Å². The molecule has 1 heteroatoms. The lowest BCUT2D eigenvalue weighted by molar-refractivity contribution is -0.117. The average Bonchev–Trinajstić information content (AvgIpc) is 1.35. The van der Waals surface area contributed by atoms with E-state index in [1.54, 1.807) is 6.92 Å². The van der Waals surface area contributed by atoms with E-state index < -0.39 is 0 Å². The summed E-state index contributed by atoms with van der Waals surface area (Å²) in [5, 5.41) is 0. The quantitative estimate of drug-likeness (QED) is 0.544. The van der Waals surface area contributed by atoms with E-state index >= 15 is 0 Å². The Balaban J connectivity index is -0.000000125. The Morgan fingerprint density at radius 1 is 1.38 bits per heavy atom. The van der Waals surface area contributed by atoms with Gasteiger partial charge in [0.25, 0.3) is 0 Å². The summed E-state index contributed by atoms with van der Waals surface area (Å²) in [6, 6.07) is 0. The summed E-state index contributed by atoms with van der Waals surface area (Å²) >= 11 is 0. The van der Waals surface area contributed by atoms with E-state index in [-0.39, 0.29) is 20.6 Å². The first-order valence-corrected chi connectivity index (χ1v) is 2.26. The van der Waals surface area contributed by atoms with Gasteiger partial charge in [-0.1, -0.05) is 21.8 Å². The zero-order valence-electron chi connectivity index (χ0n) is 4.32. The van der Waals surface area contributed by atoms with Gasteiger partial charge in [-0.15, -0.1) is 0 Å². The third-order valence-electron chi connectivity index (χ3n) is 0.602. The molecular weight excluding hydrogens is 100 g/mol. The van der Waals surface area contributed by atoms with Gasteiger partial charge in [-0.2, -0.15) is 0 Å². The number of rotatable bonds is 2. The van der Waals surface area contributed by atoms with Crippen molar-refractivity contribution in [1.29, 1.82) is 0 Å². The van der Waals surface area contributed by atoms with Gasteiger partial charge in [0.05, 0.1) is 0 Å².